The molecule has 1 unspecified atom stereocenters. The molecule has 0 radical (unpaired) electrons. The van der Waals surface area contributed by atoms with Crippen LogP contribution in [0.5, 0.6) is 5.75 Å². The number of ether oxygens (including phenoxy) is 2. The number of hydrogen-bond donors (Lipinski definition) is 1. The van der Waals surface area contributed by atoms with E-state index in [2.05, 4.69) is 46.4 Å². The van der Waals surface area contributed by atoms with Crippen LogP contribution in [-0.2, 0) is 4.74 Å². The number of amides is 1. The van der Waals surface area contributed by atoms with Gasteiger partial charge in [-0.05, 0) is 78.7 Å². The van der Waals surface area contributed by atoms with E-state index in [4.69, 9.17) is 9.47 Å². The van der Waals surface area contributed by atoms with E-state index in [9.17, 15) is 4.79 Å². The highest BCUT2D eigenvalue weighted by atomic mass is 16.6. The topological polar surface area (TPSA) is 63.7 Å². The van der Waals surface area contributed by atoms with Crippen LogP contribution in [0.1, 0.15) is 56.4 Å². The van der Waals surface area contributed by atoms with Gasteiger partial charge in [0.2, 0.25) is 0 Å². The first-order valence-corrected chi connectivity index (χ1v) is 14.2. The van der Waals surface area contributed by atoms with E-state index in [1.807, 2.05) is 55.6 Å². The normalized spacial score (nSPS) is 23.9. The molecule has 3 fully saturated rings. The van der Waals surface area contributed by atoms with Crippen molar-refractivity contribution in [2.75, 3.05) is 20.2 Å². The highest BCUT2D eigenvalue weighted by Crippen LogP contribution is 2.44. The highest BCUT2D eigenvalue weighted by Gasteiger charge is 2.44. The number of benzene rings is 3. The number of methoxy groups -OCH3 is 1. The molecule has 4 aromatic rings. The molecule has 6 nitrogen and oxygen atoms in total. The van der Waals surface area contributed by atoms with Crippen LogP contribution in [-0.4, -0.2) is 42.2 Å². The lowest BCUT2D eigenvalue weighted by Gasteiger charge is -2.51. The van der Waals surface area contributed by atoms with Crippen LogP contribution in [0.3, 0.4) is 0 Å². The molecule has 3 aromatic carbocycles. The van der Waals surface area contributed by atoms with Gasteiger partial charge in [0, 0.05) is 23.7 Å². The van der Waals surface area contributed by atoms with Gasteiger partial charge >= 0.3 is 6.09 Å². The molecule has 4 heterocycles. The third kappa shape index (κ3) is 4.94. The molecule has 1 amide bonds. The Morgan fingerprint density at radius 2 is 1.92 bits per heavy atom. The molecule has 0 aliphatic carbocycles. The molecular formula is C33H37N3O3. The smallest absolute Gasteiger partial charge is 0.408 e. The predicted octanol–water partition coefficient (Wildman–Crippen LogP) is 7.05. The number of carbonyl (C=O) groups is 1. The van der Waals surface area contributed by atoms with Gasteiger partial charge in [-0.1, -0.05) is 55.8 Å². The molecule has 7 rings (SSSR count). The van der Waals surface area contributed by atoms with Crippen LogP contribution in [0.25, 0.3) is 21.7 Å². The number of fused-ring (bicyclic) bond motifs is 5. The summed E-state index contributed by atoms with van der Waals surface area (Å²) in [6.45, 7) is 6.42. The highest BCUT2D eigenvalue weighted by molar-refractivity contribution is 5.87. The van der Waals surface area contributed by atoms with E-state index in [0.717, 1.165) is 58.1 Å². The fourth-order valence-electron chi connectivity index (χ4n) is 6.86. The molecular weight excluding hydrogens is 486 g/mol. The minimum Gasteiger partial charge on any atom is -0.497 e. The Hall–Kier alpha value is -3.64. The molecule has 2 bridgehead atoms. The maximum atomic E-state index is 13.6. The van der Waals surface area contributed by atoms with Crippen molar-refractivity contribution in [1.82, 2.24) is 15.2 Å². The summed E-state index contributed by atoms with van der Waals surface area (Å²) in [5.41, 5.74) is 2.93. The van der Waals surface area contributed by atoms with E-state index in [0.29, 0.717) is 11.8 Å². The van der Waals surface area contributed by atoms with Crippen molar-refractivity contribution in [2.24, 2.45) is 11.8 Å². The molecule has 3 saturated heterocycles. The van der Waals surface area contributed by atoms with Crippen LogP contribution < -0.4 is 10.1 Å². The third-order valence-electron chi connectivity index (χ3n) is 8.96. The Balaban J connectivity index is 1.32. The minimum atomic E-state index is -0.414. The molecule has 1 aromatic heterocycles. The maximum Gasteiger partial charge on any atom is 0.408 e. The van der Waals surface area contributed by atoms with Gasteiger partial charge in [-0.2, -0.15) is 0 Å². The van der Waals surface area contributed by atoms with E-state index in [-0.39, 0.29) is 12.1 Å². The fraction of sp³-hybridized carbons (Fsp3) is 0.394. The Labute approximate surface area is 230 Å². The number of hydrogen-bond acceptors (Lipinski definition) is 5. The summed E-state index contributed by atoms with van der Waals surface area (Å²) in [7, 11) is 1.67. The summed E-state index contributed by atoms with van der Waals surface area (Å²) < 4.78 is 12.0. The van der Waals surface area contributed by atoms with E-state index >= 15 is 0 Å². The van der Waals surface area contributed by atoms with Crippen molar-refractivity contribution in [3.8, 4) is 5.75 Å². The van der Waals surface area contributed by atoms with Gasteiger partial charge in [-0.15, -0.1) is 0 Å². The Kier molecular flexibility index (Phi) is 7.13. The van der Waals surface area contributed by atoms with Crippen molar-refractivity contribution in [2.45, 2.75) is 51.3 Å². The van der Waals surface area contributed by atoms with Crippen molar-refractivity contribution in [1.29, 1.82) is 0 Å². The quantitative estimate of drug-likeness (QED) is 0.281. The predicted molar refractivity (Wildman–Crippen MR) is 155 cm³/mol. The van der Waals surface area contributed by atoms with Gasteiger partial charge in [0.25, 0.3) is 0 Å². The summed E-state index contributed by atoms with van der Waals surface area (Å²) in [6, 6.07) is 22.3. The second-order valence-electron chi connectivity index (χ2n) is 11.1. The monoisotopic (exact) mass is 523 g/mol. The van der Waals surface area contributed by atoms with Gasteiger partial charge < -0.3 is 14.8 Å². The first-order valence-electron chi connectivity index (χ1n) is 14.2. The first-order chi connectivity index (χ1) is 19.1. The van der Waals surface area contributed by atoms with E-state index in [1.165, 1.54) is 12.8 Å². The average molecular weight is 524 g/mol. The summed E-state index contributed by atoms with van der Waals surface area (Å²) >= 11 is 0. The summed E-state index contributed by atoms with van der Waals surface area (Å²) in [6.07, 6.45) is 4.45. The molecule has 0 saturated carbocycles. The molecule has 1 N–H and O–H groups in total. The molecule has 39 heavy (non-hydrogen) atoms. The number of alkyl carbamates (subject to hydrolysis) is 1. The maximum absolute atomic E-state index is 13.6. The SMILES string of the molecule is CC[C@H]1CN2CC[C@H]1C[C@H]2[C@H](OC(=O)N[C@@H](C)c1cccc2ccccc12)c1ccnc2ccc(OC)cc12. The summed E-state index contributed by atoms with van der Waals surface area (Å²) in [5.74, 6) is 2.14. The number of piperidine rings is 3. The average Bonchev–Trinajstić information content (AvgIpc) is 2.99. The van der Waals surface area contributed by atoms with E-state index < -0.39 is 12.2 Å². The zero-order chi connectivity index (χ0) is 26.9. The number of pyridine rings is 1. The summed E-state index contributed by atoms with van der Waals surface area (Å²) in [4.78, 5) is 20.7. The van der Waals surface area contributed by atoms with Crippen LogP contribution in [0, 0.1) is 11.8 Å². The Bertz CT molecular complexity index is 1480. The lowest BCUT2D eigenvalue weighted by atomic mass is 9.72. The number of nitrogens with one attached hydrogen (secondary N) is 1. The van der Waals surface area contributed by atoms with Crippen LogP contribution >= 0.6 is 0 Å². The van der Waals surface area contributed by atoms with Gasteiger partial charge in [0.15, 0.2) is 0 Å². The number of rotatable bonds is 7. The molecule has 3 aliphatic heterocycles. The number of aromatic nitrogens is 1. The molecule has 6 heteroatoms. The second-order valence-corrected chi connectivity index (χ2v) is 11.1. The zero-order valence-corrected chi connectivity index (χ0v) is 23.0. The van der Waals surface area contributed by atoms with Crippen molar-refractivity contribution >= 4 is 27.8 Å². The van der Waals surface area contributed by atoms with Crippen molar-refractivity contribution in [3.63, 3.8) is 0 Å². The van der Waals surface area contributed by atoms with Crippen LogP contribution in [0.2, 0.25) is 0 Å². The number of nitrogens with zero attached hydrogens (tertiary/aromatic N) is 2. The minimum absolute atomic E-state index is 0.127. The van der Waals surface area contributed by atoms with Gasteiger partial charge in [0.1, 0.15) is 11.9 Å². The van der Waals surface area contributed by atoms with Gasteiger partial charge in [0.05, 0.1) is 24.7 Å². The fourth-order valence-corrected chi connectivity index (χ4v) is 6.86. The first kappa shape index (κ1) is 25.6. The largest absolute Gasteiger partial charge is 0.497 e. The van der Waals surface area contributed by atoms with Crippen molar-refractivity contribution < 1.29 is 14.3 Å². The zero-order valence-electron chi connectivity index (χ0n) is 23.0. The van der Waals surface area contributed by atoms with Crippen LogP contribution in [0.4, 0.5) is 4.79 Å². The third-order valence-corrected chi connectivity index (χ3v) is 8.96. The van der Waals surface area contributed by atoms with Crippen LogP contribution in [0.15, 0.2) is 72.9 Å². The van der Waals surface area contributed by atoms with E-state index in [1.54, 1.807) is 7.11 Å². The summed E-state index contributed by atoms with van der Waals surface area (Å²) in [5, 5.41) is 6.40. The number of carbonyl (C=O) groups excluding carboxylic acids is 1. The Morgan fingerprint density at radius 3 is 2.72 bits per heavy atom. The standard InChI is InChI=1S/C33H37N3O3/c1-4-22-20-36-17-15-24(22)18-31(36)32(28-14-16-34-30-13-12-25(38-3)19-29(28)30)39-33(37)35-21(2)26-11-7-9-23-8-5-6-10-27(23)26/h5-14,16,19,21-22,24,31-32H,4,15,17-18,20H2,1-3H3,(H,35,37)/t21-,22-,24-,31-,32+/m0/s1. The molecule has 202 valence electrons. The lowest BCUT2D eigenvalue weighted by molar-refractivity contribution is -0.0607. The van der Waals surface area contributed by atoms with Crippen molar-refractivity contribution in [3.05, 3.63) is 84.1 Å². The molecule has 6 atom stereocenters. The second kappa shape index (κ2) is 10.9. The lowest BCUT2D eigenvalue weighted by Crippen LogP contribution is -2.56. The Morgan fingerprint density at radius 1 is 1.08 bits per heavy atom. The molecule has 0 spiro atoms. The van der Waals surface area contributed by atoms with Gasteiger partial charge in [-0.3, -0.25) is 9.88 Å². The van der Waals surface area contributed by atoms with Gasteiger partial charge in [-0.25, -0.2) is 4.79 Å². The molecule has 3 aliphatic rings.